The zero-order valence-electron chi connectivity index (χ0n) is 7.65. The van der Waals surface area contributed by atoms with E-state index in [2.05, 4.69) is 12.2 Å². The van der Waals surface area contributed by atoms with Crippen molar-refractivity contribution >= 4 is 29.4 Å². The SMILES string of the molecule is CCCOP(=O)(S)SCCC.[Cd]. The van der Waals surface area contributed by atoms with Gasteiger partial charge in [-0.25, -0.2) is 0 Å². The molecule has 0 spiro atoms. The van der Waals surface area contributed by atoms with Crippen molar-refractivity contribution in [1.82, 2.24) is 0 Å². The van der Waals surface area contributed by atoms with Gasteiger partial charge >= 0.3 is 5.77 Å². The molecule has 0 aliphatic carbocycles. The van der Waals surface area contributed by atoms with Crippen LogP contribution in [0.3, 0.4) is 0 Å². The Morgan fingerprint density at radius 1 is 1.42 bits per heavy atom. The zero-order valence-corrected chi connectivity index (χ0v) is 14.3. The maximum Gasteiger partial charge on any atom is 0.310 e. The molecule has 0 bridgehead atoms. The fourth-order valence-electron chi connectivity index (χ4n) is 0.451. The maximum atomic E-state index is 11.3. The summed E-state index contributed by atoms with van der Waals surface area (Å²) in [5.41, 5.74) is 0. The second-order valence-electron chi connectivity index (χ2n) is 2.14. The second kappa shape index (κ2) is 9.37. The third kappa shape index (κ3) is 9.90. The van der Waals surface area contributed by atoms with Crippen LogP contribution in [0.25, 0.3) is 0 Å². The van der Waals surface area contributed by atoms with E-state index in [1.165, 1.54) is 11.4 Å². The predicted octanol–water partition coefficient (Wildman–Crippen LogP) is 3.59. The second-order valence-corrected chi connectivity index (χ2v) is 8.61. The molecule has 0 radical (unpaired) electrons. The Morgan fingerprint density at radius 3 is 2.42 bits per heavy atom. The van der Waals surface area contributed by atoms with E-state index in [1.54, 1.807) is 0 Å². The van der Waals surface area contributed by atoms with E-state index in [-0.39, 0.29) is 27.3 Å². The summed E-state index contributed by atoms with van der Waals surface area (Å²) in [6.07, 6.45) is 1.89. The minimum Gasteiger partial charge on any atom is -0.314 e. The Bertz CT molecular complexity index is 134. The van der Waals surface area contributed by atoms with Gasteiger partial charge in [-0.2, -0.15) is 0 Å². The van der Waals surface area contributed by atoms with Crippen LogP contribution in [0.15, 0.2) is 0 Å². The van der Waals surface area contributed by atoms with Crippen LogP contribution in [-0.4, -0.2) is 12.4 Å². The van der Waals surface area contributed by atoms with Crippen LogP contribution < -0.4 is 0 Å². The van der Waals surface area contributed by atoms with Gasteiger partial charge < -0.3 is 4.52 Å². The molecule has 0 aromatic carbocycles. The van der Waals surface area contributed by atoms with Gasteiger partial charge in [0.1, 0.15) is 0 Å². The third-order valence-corrected chi connectivity index (χ3v) is 5.57. The van der Waals surface area contributed by atoms with Crippen LogP contribution in [0.4, 0.5) is 0 Å². The van der Waals surface area contributed by atoms with Gasteiger partial charge in [0.2, 0.25) is 0 Å². The summed E-state index contributed by atoms with van der Waals surface area (Å²) in [6.45, 7) is 4.57. The van der Waals surface area contributed by atoms with E-state index in [9.17, 15) is 4.57 Å². The molecule has 0 saturated heterocycles. The average molecular weight is 327 g/mol. The van der Waals surface area contributed by atoms with Gasteiger partial charge in [0, 0.05) is 33.1 Å². The Kier molecular flexibility index (Phi) is 12.7. The number of thiol groups is 1. The smallest absolute Gasteiger partial charge is 0.310 e. The van der Waals surface area contributed by atoms with E-state index in [4.69, 9.17) is 4.52 Å². The molecule has 2 nitrogen and oxygen atoms in total. The Balaban J connectivity index is 0. The van der Waals surface area contributed by atoms with Crippen molar-refractivity contribution in [2.45, 2.75) is 26.7 Å². The van der Waals surface area contributed by atoms with Crippen LogP contribution in [-0.2, 0) is 36.4 Å². The zero-order chi connectivity index (χ0) is 8.74. The first-order valence-electron chi connectivity index (χ1n) is 3.74. The van der Waals surface area contributed by atoms with Gasteiger partial charge in [-0.1, -0.05) is 37.5 Å². The first-order valence-corrected chi connectivity index (χ1v) is 8.11. The molecule has 1 atom stereocenters. The Labute approximate surface area is 104 Å². The number of hydrogen-bond donors (Lipinski definition) is 1. The predicted molar refractivity (Wildman–Crippen MR) is 55.6 cm³/mol. The normalized spacial score (nSPS) is 14.9. The van der Waals surface area contributed by atoms with Crippen LogP contribution in [0.5, 0.6) is 0 Å². The molecule has 0 fully saturated rings. The van der Waals surface area contributed by atoms with E-state index < -0.39 is 5.77 Å². The van der Waals surface area contributed by atoms with Crippen LogP contribution in [0, 0.1) is 0 Å². The van der Waals surface area contributed by atoms with Gasteiger partial charge in [0.15, 0.2) is 0 Å². The molecular formula is C6H15CdO2PS2. The first kappa shape index (κ1) is 16.2. The fraction of sp³-hybridized carbons (Fsp3) is 1.00. The summed E-state index contributed by atoms with van der Waals surface area (Å²) in [5.74, 6) is -1.76. The molecule has 0 aromatic rings. The number of hydrogen-bond acceptors (Lipinski definition) is 3. The molecule has 6 heteroatoms. The topological polar surface area (TPSA) is 26.3 Å². The molecule has 1 unspecified atom stereocenters. The monoisotopic (exact) mass is 328 g/mol. The van der Waals surface area contributed by atoms with E-state index in [0.29, 0.717) is 6.61 Å². The Morgan fingerprint density at radius 2 is 2.00 bits per heavy atom. The van der Waals surface area contributed by atoms with Gasteiger partial charge in [-0.05, 0) is 12.8 Å². The van der Waals surface area contributed by atoms with Crippen molar-refractivity contribution in [3.8, 4) is 0 Å². The van der Waals surface area contributed by atoms with E-state index >= 15 is 0 Å². The van der Waals surface area contributed by atoms with Crippen molar-refractivity contribution in [2.75, 3.05) is 12.4 Å². The molecule has 0 aliphatic rings. The molecule has 0 aliphatic heterocycles. The third-order valence-electron chi connectivity index (χ3n) is 0.917. The molecular weight excluding hydrogens is 312 g/mol. The van der Waals surface area contributed by atoms with Gasteiger partial charge in [0.25, 0.3) is 0 Å². The van der Waals surface area contributed by atoms with E-state index in [1.807, 2.05) is 13.8 Å². The molecule has 0 saturated carbocycles. The summed E-state index contributed by atoms with van der Waals surface area (Å²) in [4.78, 5) is 0. The van der Waals surface area contributed by atoms with Gasteiger partial charge in [-0.3, -0.25) is 4.57 Å². The van der Waals surface area contributed by atoms with Gasteiger partial charge in [-0.15, -0.1) is 0 Å². The molecule has 12 heavy (non-hydrogen) atoms. The van der Waals surface area contributed by atoms with Crippen molar-refractivity contribution in [1.29, 1.82) is 0 Å². The summed E-state index contributed by atoms with van der Waals surface area (Å²) < 4.78 is 16.4. The number of rotatable bonds is 6. The maximum absolute atomic E-state index is 11.3. The molecule has 0 heterocycles. The standard InChI is InChI=1S/C6H15O2PS2.Cd/c1-3-5-8-9(7,10)11-6-4-2;/h3-6H2,1-2H3,(H,7,10);. The molecule has 0 N–H and O–H groups in total. The van der Waals surface area contributed by atoms with Crippen LogP contribution in [0.2, 0.25) is 0 Å². The fourth-order valence-corrected chi connectivity index (χ4v) is 4.02. The molecule has 0 amide bonds. The summed E-state index contributed by atoms with van der Waals surface area (Å²) in [7, 11) is 0. The molecule has 0 rings (SSSR count). The van der Waals surface area contributed by atoms with Crippen LogP contribution >= 0.6 is 29.4 Å². The molecule has 0 aromatic heterocycles. The minimum atomic E-state index is -2.61. The Hall–Kier alpha value is 1.81. The van der Waals surface area contributed by atoms with Gasteiger partial charge in [0.05, 0.1) is 6.61 Å². The largest absolute Gasteiger partial charge is 0.314 e. The van der Waals surface area contributed by atoms with Crippen molar-refractivity contribution < 1.29 is 36.4 Å². The van der Waals surface area contributed by atoms with E-state index in [0.717, 1.165) is 18.6 Å². The first-order chi connectivity index (χ1) is 5.12. The average Bonchev–Trinajstić information content (AvgIpc) is 1.97. The van der Waals surface area contributed by atoms with Crippen LogP contribution in [0.1, 0.15) is 26.7 Å². The van der Waals surface area contributed by atoms with Crippen molar-refractivity contribution in [3.63, 3.8) is 0 Å². The summed E-state index contributed by atoms with van der Waals surface area (Å²) in [6, 6.07) is 0. The van der Waals surface area contributed by atoms with Crippen molar-refractivity contribution in [3.05, 3.63) is 0 Å². The quantitative estimate of drug-likeness (QED) is 0.459. The van der Waals surface area contributed by atoms with Crippen molar-refractivity contribution in [2.24, 2.45) is 0 Å². The summed E-state index contributed by atoms with van der Waals surface area (Å²) in [5, 5.41) is 0. The summed E-state index contributed by atoms with van der Waals surface area (Å²) >= 11 is 5.27. The molecule has 70 valence electrons. The minimum absolute atomic E-state index is 0.